The molecule has 0 aliphatic carbocycles. The molecule has 27 heavy (non-hydrogen) atoms. The molecule has 1 aliphatic rings. The van der Waals surface area contributed by atoms with Crippen LogP contribution in [0.3, 0.4) is 0 Å². The fourth-order valence-corrected chi connectivity index (χ4v) is 3.75. The van der Waals surface area contributed by atoms with Gasteiger partial charge in [0.1, 0.15) is 5.82 Å². The van der Waals surface area contributed by atoms with E-state index in [1.807, 2.05) is 24.1 Å². The second-order valence-corrected chi connectivity index (χ2v) is 7.44. The minimum Gasteiger partial charge on any atom is -0.357 e. The maximum Gasteiger partial charge on any atom is 0.193 e. The summed E-state index contributed by atoms with van der Waals surface area (Å²) >= 11 is 0. The topological polar surface area (TPSA) is 63.3 Å². The van der Waals surface area contributed by atoms with Crippen molar-refractivity contribution in [1.82, 2.24) is 29.5 Å². The van der Waals surface area contributed by atoms with Crippen molar-refractivity contribution >= 4 is 5.96 Å². The van der Waals surface area contributed by atoms with Gasteiger partial charge in [-0.1, -0.05) is 0 Å². The van der Waals surface area contributed by atoms with Gasteiger partial charge in [0.25, 0.3) is 0 Å². The zero-order valence-electron chi connectivity index (χ0n) is 16.9. The number of nitrogens with zero attached hydrogens (tertiary/aromatic N) is 6. The Hall–Kier alpha value is -2.31. The van der Waals surface area contributed by atoms with Gasteiger partial charge in [-0.15, -0.1) is 0 Å². The number of aliphatic imine (C=N–C) groups is 1. The molecule has 7 nitrogen and oxygen atoms in total. The molecule has 0 radical (unpaired) electrons. The molecule has 1 saturated heterocycles. The molecule has 2 aromatic heterocycles. The predicted molar refractivity (Wildman–Crippen MR) is 109 cm³/mol. The van der Waals surface area contributed by atoms with Crippen molar-refractivity contribution in [2.75, 3.05) is 26.2 Å². The highest BCUT2D eigenvalue weighted by Gasteiger charge is 2.25. The van der Waals surface area contributed by atoms with Gasteiger partial charge in [-0.05, 0) is 51.0 Å². The van der Waals surface area contributed by atoms with Crippen LogP contribution in [0.2, 0.25) is 0 Å². The molecule has 1 aliphatic heterocycles. The molecule has 1 unspecified atom stereocenters. The zero-order valence-corrected chi connectivity index (χ0v) is 16.9. The van der Waals surface area contributed by atoms with E-state index in [-0.39, 0.29) is 0 Å². The van der Waals surface area contributed by atoms with Gasteiger partial charge in [0, 0.05) is 58.4 Å². The van der Waals surface area contributed by atoms with Gasteiger partial charge in [0.05, 0.1) is 6.20 Å². The lowest BCUT2D eigenvalue weighted by molar-refractivity contribution is 0.459. The molecule has 2 aromatic rings. The average Bonchev–Trinajstić information content (AvgIpc) is 3.37. The largest absolute Gasteiger partial charge is 0.357 e. The monoisotopic (exact) mass is 371 g/mol. The Bertz CT molecular complexity index is 730. The Morgan fingerprint density at radius 1 is 1.37 bits per heavy atom. The Balaban J connectivity index is 1.44. The van der Waals surface area contributed by atoms with Crippen LogP contribution in [0.25, 0.3) is 0 Å². The average molecular weight is 372 g/mol. The summed E-state index contributed by atoms with van der Waals surface area (Å²) in [5.74, 6) is 2.84. The molecule has 148 valence electrons. The molecule has 1 N–H and O–H groups in total. The molecule has 0 amide bonds. The van der Waals surface area contributed by atoms with Gasteiger partial charge in [-0.3, -0.25) is 9.67 Å². The SMILES string of the molecule is CCNC(=NCCCCn1ccnc1C)N1CCC(Cc2cnn(C)c2)C1. The molecule has 1 atom stereocenters. The molecule has 0 spiro atoms. The highest BCUT2D eigenvalue weighted by Crippen LogP contribution is 2.20. The molecule has 0 saturated carbocycles. The zero-order chi connectivity index (χ0) is 19.1. The van der Waals surface area contributed by atoms with Crippen LogP contribution in [0.5, 0.6) is 0 Å². The second kappa shape index (κ2) is 9.58. The van der Waals surface area contributed by atoms with Gasteiger partial charge < -0.3 is 14.8 Å². The van der Waals surface area contributed by atoms with Gasteiger partial charge in [-0.2, -0.15) is 5.10 Å². The molecule has 0 bridgehead atoms. The highest BCUT2D eigenvalue weighted by molar-refractivity contribution is 5.80. The predicted octanol–water partition coefficient (Wildman–Crippen LogP) is 2.24. The Morgan fingerprint density at radius 3 is 2.96 bits per heavy atom. The van der Waals surface area contributed by atoms with Gasteiger partial charge >= 0.3 is 0 Å². The third-order valence-corrected chi connectivity index (χ3v) is 5.20. The smallest absolute Gasteiger partial charge is 0.193 e. The Kier molecular flexibility index (Phi) is 6.90. The highest BCUT2D eigenvalue weighted by atomic mass is 15.3. The number of rotatable bonds is 8. The first-order valence-corrected chi connectivity index (χ1v) is 10.1. The second-order valence-electron chi connectivity index (χ2n) is 7.44. The van der Waals surface area contributed by atoms with Crippen molar-refractivity contribution in [3.8, 4) is 0 Å². The summed E-state index contributed by atoms with van der Waals surface area (Å²) in [5.41, 5.74) is 1.33. The fraction of sp³-hybridized carbons (Fsp3) is 0.650. The van der Waals surface area contributed by atoms with E-state index in [0.29, 0.717) is 5.92 Å². The number of imidazole rings is 1. The number of hydrogen-bond acceptors (Lipinski definition) is 3. The minimum atomic E-state index is 0.683. The number of nitrogens with one attached hydrogen (secondary N) is 1. The quantitative estimate of drug-likeness (QED) is 0.439. The fourth-order valence-electron chi connectivity index (χ4n) is 3.75. The molecule has 7 heteroatoms. The summed E-state index contributed by atoms with van der Waals surface area (Å²) < 4.78 is 4.09. The van der Waals surface area contributed by atoms with Crippen molar-refractivity contribution in [2.45, 2.75) is 46.1 Å². The number of hydrogen-bond donors (Lipinski definition) is 1. The molecular weight excluding hydrogens is 338 g/mol. The minimum absolute atomic E-state index is 0.683. The molecule has 3 rings (SSSR count). The number of unbranched alkanes of at least 4 members (excludes halogenated alkanes) is 1. The van der Waals surface area contributed by atoms with Gasteiger partial charge in [0.15, 0.2) is 5.96 Å². The first kappa shape index (κ1) is 19.5. The van der Waals surface area contributed by atoms with Crippen molar-refractivity contribution in [3.63, 3.8) is 0 Å². The first-order chi connectivity index (χ1) is 13.2. The van der Waals surface area contributed by atoms with Crippen LogP contribution in [0.1, 0.15) is 37.6 Å². The van der Waals surface area contributed by atoms with Gasteiger partial charge in [0.2, 0.25) is 0 Å². The van der Waals surface area contributed by atoms with Crippen LogP contribution in [0.15, 0.2) is 29.8 Å². The summed E-state index contributed by atoms with van der Waals surface area (Å²) in [7, 11) is 1.98. The van der Waals surface area contributed by atoms with Crippen molar-refractivity contribution in [3.05, 3.63) is 36.2 Å². The molecule has 1 fully saturated rings. The lowest BCUT2D eigenvalue weighted by Crippen LogP contribution is -2.40. The van der Waals surface area contributed by atoms with Crippen molar-refractivity contribution in [1.29, 1.82) is 0 Å². The maximum atomic E-state index is 4.87. The summed E-state index contributed by atoms with van der Waals surface area (Å²) in [6, 6.07) is 0. The summed E-state index contributed by atoms with van der Waals surface area (Å²) in [4.78, 5) is 11.6. The van der Waals surface area contributed by atoms with E-state index in [1.54, 1.807) is 0 Å². The molecule has 0 aromatic carbocycles. The Morgan fingerprint density at radius 2 is 2.26 bits per heavy atom. The van der Waals surface area contributed by atoms with E-state index >= 15 is 0 Å². The van der Waals surface area contributed by atoms with E-state index in [2.05, 4.69) is 51.1 Å². The van der Waals surface area contributed by atoms with Crippen LogP contribution in [0.4, 0.5) is 0 Å². The van der Waals surface area contributed by atoms with Crippen LogP contribution < -0.4 is 5.32 Å². The van der Waals surface area contributed by atoms with Crippen LogP contribution in [-0.2, 0) is 20.0 Å². The Labute approximate surface area is 162 Å². The van der Waals surface area contributed by atoms with E-state index in [4.69, 9.17) is 4.99 Å². The van der Waals surface area contributed by atoms with Crippen LogP contribution >= 0.6 is 0 Å². The van der Waals surface area contributed by atoms with E-state index in [1.165, 1.54) is 12.0 Å². The van der Waals surface area contributed by atoms with E-state index in [0.717, 1.165) is 63.8 Å². The number of guanidine groups is 1. The lowest BCUT2D eigenvalue weighted by atomic mass is 10.0. The summed E-state index contributed by atoms with van der Waals surface area (Å²) in [6.07, 6.45) is 12.6. The number of aryl methyl sites for hydroxylation is 3. The summed E-state index contributed by atoms with van der Waals surface area (Å²) in [5, 5.41) is 7.76. The third-order valence-electron chi connectivity index (χ3n) is 5.20. The maximum absolute atomic E-state index is 4.87. The third kappa shape index (κ3) is 5.58. The first-order valence-electron chi connectivity index (χ1n) is 10.1. The van der Waals surface area contributed by atoms with Gasteiger partial charge in [-0.25, -0.2) is 4.98 Å². The van der Waals surface area contributed by atoms with Crippen molar-refractivity contribution < 1.29 is 0 Å². The standard InChI is InChI=1S/C20H33N7/c1-4-21-20(23-8-5-6-10-26-12-9-22-17(26)2)27-11-7-18(16-27)13-19-14-24-25(3)15-19/h9,12,14-15,18H,4-8,10-11,13,16H2,1-3H3,(H,21,23). The molecular formula is C20H33N7. The van der Waals surface area contributed by atoms with E-state index in [9.17, 15) is 0 Å². The lowest BCUT2D eigenvalue weighted by Gasteiger charge is -2.21. The van der Waals surface area contributed by atoms with Crippen molar-refractivity contribution in [2.24, 2.45) is 18.0 Å². The van der Waals surface area contributed by atoms with Crippen LogP contribution in [0, 0.1) is 12.8 Å². The number of aromatic nitrogens is 4. The van der Waals surface area contributed by atoms with E-state index < -0.39 is 0 Å². The normalized spacial score (nSPS) is 17.7. The van der Waals surface area contributed by atoms with Crippen LogP contribution in [-0.4, -0.2) is 56.4 Å². The number of likely N-dealkylation sites (tertiary alicyclic amines) is 1. The summed E-state index contributed by atoms with van der Waals surface area (Å²) in [6.45, 7) is 9.17. The molecule has 3 heterocycles.